The maximum absolute atomic E-state index is 10.7. The molecule has 0 atom stereocenters. The Morgan fingerprint density at radius 2 is 1.95 bits per heavy atom. The zero-order valence-electron chi connectivity index (χ0n) is 9.67. The summed E-state index contributed by atoms with van der Waals surface area (Å²) in [6.45, 7) is 0. The number of fused-ring (bicyclic) bond motifs is 1. The van der Waals surface area contributed by atoms with Crippen molar-refractivity contribution in [1.29, 1.82) is 0 Å². The van der Waals surface area contributed by atoms with Gasteiger partial charge in [0.1, 0.15) is 4.88 Å². The zero-order chi connectivity index (χ0) is 13.2. The molecule has 94 valence electrons. The van der Waals surface area contributed by atoms with Crippen molar-refractivity contribution in [3.8, 4) is 0 Å². The number of rotatable bonds is 3. The van der Waals surface area contributed by atoms with Gasteiger partial charge in [-0.3, -0.25) is 4.79 Å². The SMILES string of the molecule is O=Cc1sc(Sc2ccc3ccccc3c2)nc1Cl. The minimum Gasteiger partial charge on any atom is -0.297 e. The van der Waals surface area contributed by atoms with E-state index in [4.69, 9.17) is 11.6 Å². The van der Waals surface area contributed by atoms with Gasteiger partial charge in [-0.05, 0) is 22.9 Å². The number of halogens is 1. The van der Waals surface area contributed by atoms with Crippen molar-refractivity contribution < 1.29 is 4.79 Å². The maximum Gasteiger partial charge on any atom is 0.163 e. The molecule has 0 fully saturated rings. The molecule has 2 aromatic carbocycles. The third-order valence-electron chi connectivity index (χ3n) is 2.62. The molecule has 5 heteroatoms. The Hall–Kier alpha value is -1.36. The van der Waals surface area contributed by atoms with E-state index in [0.717, 1.165) is 15.5 Å². The van der Waals surface area contributed by atoms with Crippen LogP contribution in [0.3, 0.4) is 0 Å². The fourth-order valence-electron chi connectivity index (χ4n) is 1.74. The second-order valence-corrected chi connectivity index (χ2v) is 6.57. The van der Waals surface area contributed by atoms with Gasteiger partial charge in [0.2, 0.25) is 0 Å². The van der Waals surface area contributed by atoms with Gasteiger partial charge in [-0.1, -0.05) is 53.7 Å². The highest BCUT2D eigenvalue weighted by Crippen LogP contribution is 2.35. The average molecular weight is 306 g/mol. The monoisotopic (exact) mass is 305 g/mol. The molecule has 0 amide bonds. The molecule has 19 heavy (non-hydrogen) atoms. The minimum absolute atomic E-state index is 0.281. The first-order chi connectivity index (χ1) is 9.26. The molecule has 1 heterocycles. The van der Waals surface area contributed by atoms with E-state index in [1.54, 1.807) is 0 Å². The molecule has 0 unspecified atom stereocenters. The highest BCUT2D eigenvalue weighted by molar-refractivity contribution is 8.01. The molecule has 2 nitrogen and oxygen atoms in total. The Labute approximate surface area is 123 Å². The molecule has 0 spiro atoms. The standard InChI is InChI=1S/C14H8ClNOS2/c15-13-12(8-17)19-14(16-13)18-11-6-5-9-3-1-2-4-10(9)7-11/h1-8H. The average Bonchev–Trinajstić information content (AvgIpc) is 2.78. The summed E-state index contributed by atoms with van der Waals surface area (Å²) < 4.78 is 0.780. The first-order valence-corrected chi connectivity index (χ1v) is 7.55. The second kappa shape index (κ2) is 5.33. The topological polar surface area (TPSA) is 30.0 Å². The van der Waals surface area contributed by atoms with Crippen LogP contribution in [0.4, 0.5) is 0 Å². The van der Waals surface area contributed by atoms with E-state index in [0.29, 0.717) is 4.88 Å². The maximum atomic E-state index is 10.7. The number of hydrogen-bond acceptors (Lipinski definition) is 4. The predicted molar refractivity (Wildman–Crippen MR) is 80.6 cm³/mol. The van der Waals surface area contributed by atoms with Gasteiger partial charge in [-0.25, -0.2) is 4.98 Å². The van der Waals surface area contributed by atoms with Crippen LogP contribution in [-0.4, -0.2) is 11.3 Å². The first-order valence-electron chi connectivity index (χ1n) is 5.54. The van der Waals surface area contributed by atoms with Gasteiger partial charge >= 0.3 is 0 Å². The van der Waals surface area contributed by atoms with Gasteiger partial charge in [-0.15, -0.1) is 11.3 Å². The van der Waals surface area contributed by atoms with E-state index >= 15 is 0 Å². The fraction of sp³-hybridized carbons (Fsp3) is 0. The molecule has 0 bridgehead atoms. The van der Waals surface area contributed by atoms with E-state index in [9.17, 15) is 4.79 Å². The number of thiazole rings is 1. The van der Waals surface area contributed by atoms with Gasteiger partial charge in [0.25, 0.3) is 0 Å². The second-order valence-electron chi connectivity index (χ2n) is 3.86. The molecule has 3 rings (SSSR count). The van der Waals surface area contributed by atoms with Crippen molar-refractivity contribution in [2.75, 3.05) is 0 Å². The number of benzene rings is 2. The number of nitrogens with zero attached hydrogens (tertiary/aromatic N) is 1. The van der Waals surface area contributed by atoms with Crippen molar-refractivity contribution in [1.82, 2.24) is 4.98 Å². The number of carbonyl (C=O) groups excluding carboxylic acids is 1. The van der Waals surface area contributed by atoms with Crippen molar-refractivity contribution >= 4 is 51.8 Å². The largest absolute Gasteiger partial charge is 0.297 e. The minimum atomic E-state index is 0.281. The van der Waals surface area contributed by atoms with E-state index in [1.807, 2.05) is 18.2 Å². The van der Waals surface area contributed by atoms with E-state index in [1.165, 1.54) is 33.9 Å². The van der Waals surface area contributed by atoms with Crippen molar-refractivity contribution in [2.24, 2.45) is 0 Å². The van der Waals surface area contributed by atoms with Crippen LogP contribution < -0.4 is 0 Å². The van der Waals surface area contributed by atoms with Gasteiger partial charge in [-0.2, -0.15) is 0 Å². The molecule has 0 aliphatic carbocycles. The lowest BCUT2D eigenvalue weighted by atomic mass is 10.1. The van der Waals surface area contributed by atoms with Crippen LogP contribution in [0.2, 0.25) is 5.15 Å². The van der Waals surface area contributed by atoms with Crippen molar-refractivity contribution in [2.45, 2.75) is 9.24 Å². The lowest BCUT2D eigenvalue weighted by Gasteiger charge is -2.01. The van der Waals surface area contributed by atoms with Gasteiger partial charge in [0.15, 0.2) is 15.8 Å². The summed E-state index contributed by atoms with van der Waals surface area (Å²) >= 11 is 8.69. The Bertz CT molecular complexity index is 754. The summed E-state index contributed by atoms with van der Waals surface area (Å²) in [6.07, 6.45) is 0.741. The lowest BCUT2D eigenvalue weighted by molar-refractivity contribution is 0.112. The summed E-state index contributed by atoms with van der Waals surface area (Å²) in [5.41, 5.74) is 0. The molecule has 0 N–H and O–H groups in total. The smallest absolute Gasteiger partial charge is 0.163 e. The van der Waals surface area contributed by atoms with E-state index < -0.39 is 0 Å². The van der Waals surface area contributed by atoms with Gasteiger partial charge in [0.05, 0.1) is 0 Å². The lowest BCUT2D eigenvalue weighted by Crippen LogP contribution is -1.75. The number of carbonyl (C=O) groups is 1. The van der Waals surface area contributed by atoms with Crippen molar-refractivity contribution in [3.05, 3.63) is 52.5 Å². The van der Waals surface area contributed by atoms with Crippen LogP contribution in [-0.2, 0) is 0 Å². The third kappa shape index (κ3) is 2.66. The predicted octanol–water partition coefficient (Wildman–Crippen LogP) is 4.91. The van der Waals surface area contributed by atoms with Crippen molar-refractivity contribution in [3.63, 3.8) is 0 Å². The number of aldehydes is 1. The summed E-state index contributed by atoms with van der Waals surface area (Å²) in [5.74, 6) is 0. The summed E-state index contributed by atoms with van der Waals surface area (Å²) in [4.78, 5) is 16.5. The van der Waals surface area contributed by atoms with Crippen LogP contribution in [0, 0.1) is 0 Å². The van der Waals surface area contributed by atoms with Gasteiger partial charge in [0, 0.05) is 4.90 Å². The summed E-state index contributed by atoms with van der Waals surface area (Å²) in [7, 11) is 0. The highest BCUT2D eigenvalue weighted by atomic mass is 35.5. The Morgan fingerprint density at radius 1 is 1.16 bits per heavy atom. The molecular formula is C14H8ClNOS2. The quantitative estimate of drug-likeness (QED) is 0.644. The Morgan fingerprint density at radius 3 is 2.68 bits per heavy atom. The Kier molecular flexibility index (Phi) is 3.55. The number of hydrogen-bond donors (Lipinski definition) is 0. The van der Waals surface area contributed by atoms with Crippen LogP contribution >= 0.6 is 34.7 Å². The van der Waals surface area contributed by atoms with Crippen LogP contribution in [0.1, 0.15) is 9.67 Å². The highest BCUT2D eigenvalue weighted by Gasteiger charge is 2.09. The molecule has 1 aromatic heterocycles. The van der Waals surface area contributed by atoms with Crippen LogP contribution in [0.5, 0.6) is 0 Å². The summed E-state index contributed by atoms with van der Waals surface area (Å²) in [6, 6.07) is 14.4. The Balaban J connectivity index is 1.93. The van der Waals surface area contributed by atoms with E-state index in [-0.39, 0.29) is 5.15 Å². The van der Waals surface area contributed by atoms with Crippen LogP contribution in [0.15, 0.2) is 51.7 Å². The summed E-state index contributed by atoms with van der Waals surface area (Å²) in [5, 5.41) is 2.67. The zero-order valence-corrected chi connectivity index (χ0v) is 12.1. The molecule has 0 saturated heterocycles. The third-order valence-corrected chi connectivity index (χ3v) is 5.05. The first kappa shape index (κ1) is 12.7. The molecular weight excluding hydrogens is 298 g/mol. The fourth-order valence-corrected chi connectivity index (χ4v) is 3.98. The van der Waals surface area contributed by atoms with Crippen LogP contribution in [0.25, 0.3) is 10.8 Å². The molecule has 3 aromatic rings. The van der Waals surface area contributed by atoms with E-state index in [2.05, 4.69) is 29.2 Å². The molecule has 0 aliphatic heterocycles. The molecule has 0 aliphatic rings. The molecule has 0 saturated carbocycles. The number of aromatic nitrogens is 1. The normalized spacial score (nSPS) is 10.8. The van der Waals surface area contributed by atoms with Gasteiger partial charge < -0.3 is 0 Å². The molecule has 0 radical (unpaired) electrons.